The molecule has 0 unspecified atom stereocenters. The Hall–Kier alpha value is -3.24. The van der Waals surface area contributed by atoms with Gasteiger partial charge in [0.05, 0.1) is 25.2 Å². The number of rotatable bonds is 8. The summed E-state index contributed by atoms with van der Waals surface area (Å²) < 4.78 is 16.1. The number of methoxy groups -OCH3 is 1. The quantitative estimate of drug-likeness (QED) is 0.165. The number of aromatic amines is 1. The summed E-state index contributed by atoms with van der Waals surface area (Å²) in [6, 6.07) is 7.31. The number of esters is 1. The molecule has 5 rings (SSSR count). The number of thiophene rings is 1. The number of amides is 1. The number of anilines is 1. The molecule has 0 fully saturated rings. The number of thioether (sulfide) groups is 1. The summed E-state index contributed by atoms with van der Waals surface area (Å²) in [5.41, 5.74) is 2.93. The van der Waals surface area contributed by atoms with E-state index in [1.165, 1.54) is 35.1 Å². The number of hydrogen-bond acceptors (Lipinski definition) is 8. The van der Waals surface area contributed by atoms with E-state index in [-0.39, 0.29) is 18.3 Å². The van der Waals surface area contributed by atoms with Crippen molar-refractivity contribution in [2.75, 3.05) is 18.2 Å². The van der Waals surface area contributed by atoms with E-state index in [1.54, 1.807) is 18.6 Å². The smallest absolute Gasteiger partial charge is 0.341 e. The summed E-state index contributed by atoms with van der Waals surface area (Å²) in [7, 11) is 1.38. The zero-order valence-electron chi connectivity index (χ0n) is 19.2. The van der Waals surface area contributed by atoms with E-state index in [4.69, 9.17) is 13.6 Å². The SMILES string of the molecule is COC(=O)c1c(NC(=O)CCSc2nc(-c3ccco3)c(-c3ccco3)[nH]2)sc2c1CCCCC2. The Labute approximate surface area is 210 Å². The van der Waals surface area contributed by atoms with Crippen molar-refractivity contribution >= 4 is 40.0 Å². The molecule has 2 N–H and O–H groups in total. The molecule has 0 bridgehead atoms. The van der Waals surface area contributed by atoms with Gasteiger partial charge in [0.1, 0.15) is 16.4 Å². The zero-order valence-corrected chi connectivity index (χ0v) is 20.9. The summed E-state index contributed by atoms with van der Waals surface area (Å²) in [5.74, 6) is 1.25. The number of carbonyl (C=O) groups excluding carboxylic acids is 2. The topological polar surface area (TPSA) is 110 Å². The van der Waals surface area contributed by atoms with Crippen LogP contribution in [-0.2, 0) is 22.4 Å². The van der Waals surface area contributed by atoms with Gasteiger partial charge in [0.25, 0.3) is 0 Å². The van der Waals surface area contributed by atoms with Crippen molar-refractivity contribution < 1.29 is 23.2 Å². The average Bonchev–Trinajstić information content (AvgIpc) is 3.64. The Balaban J connectivity index is 1.26. The standard InChI is InChI=1S/C25H25N3O5S2/c1-31-24(30)20-15-7-3-2-4-10-18(15)35-23(20)26-19(29)11-14-34-25-27-21(16-8-5-12-32-16)22(28-25)17-9-6-13-33-17/h5-6,8-9,12-13H,2-4,7,10-11,14H2,1H3,(H,26,29)(H,27,28). The van der Waals surface area contributed by atoms with Gasteiger partial charge in [0, 0.05) is 17.1 Å². The zero-order chi connectivity index (χ0) is 24.2. The van der Waals surface area contributed by atoms with E-state index in [2.05, 4.69) is 15.3 Å². The predicted octanol–water partition coefficient (Wildman–Crippen LogP) is 6.17. The number of aromatic nitrogens is 2. The van der Waals surface area contributed by atoms with Crippen LogP contribution >= 0.6 is 23.1 Å². The van der Waals surface area contributed by atoms with Gasteiger partial charge in [-0.1, -0.05) is 18.2 Å². The van der Waals surface area contributed by atoms with Gasteiger partial charge in [-0.15, -0.1) is 11.3 Å². The third kappa shape index (κ3) is 5.08. The molecule has 4 aromatic heterocycles. The lowest BCUT2D eigenvalue weighted by atomic mass is 10.1. The van der Waals surface area contributed by atoms with Crippen molar-refractivity contribution in [2.24, 2.45) is 0 Å². The fourth-order valence-electron chi connectivity index (χ4n) is 4.19. The van der Waals surface area contributed by atoms with Crippen molar-refractivity contribution in [1.82, 2.24) is 9.97 Å². The van der Waals surface area contributed by atoms with Crippen molar-refractivity contribution in [2.45, 2.75) is 43.7 Å². The highest BCUT2D eigenvalue weighted by atomic mass is 32.2. The maximum absolute atomic E-state index is 12.8. The van der Waals surface area contributed by atoms with Crippen LogP contribution in [0.1, 0.15) is 46.5 Å². The van der Waals surface area contributed by atoms with E-state index >= 15 is 0 Å². The van der Waals surface area contributed by atoms with Gasteiger partial charge in [0.15, 0.2) is 16.7 Å². The number of hydrogen-bond donors (Lipinski definition) is 2. The summed E-state index contributed by atoms with van der Waals surface area (Å²) in [6.07, 6.45) is 8.53. The van der Waals surface area contributed by atoms with Crippen LogP contribution in [0.2, 0.25) is 0 Å². The minimum absolute atomic E-state index is 0.150. The molecular weight excluding hydrogens is 486 g/mol. The first kappa shape index (κ1) is 23.5. The Morgan fingerprint density at radius 2 is 1.91 bits per heavy atom. The molecule has 4 heterocycles. The normalized spacial score (nSPS) is 13.3. The first-order chi connectivity index (χ1) is 17.1. The van der Waals surface area contributed by atoms with Crippen LogP contribution in [0.15, 0.2) is 50.8 Å². The van der Waals surface area contributed by atoms with Crippen LogP contribution < -0.4 is 5.32 Å². The van der Waals surface area contributed by atoms with Crippen LogP contribution in [0.4, 0.5) is 5.00 Å². The van der Waals surface area contributed by atoms with Gasteiger partial charge in [-0.05, 0) is 55.5 Å². The van der Waals surface area contributed by atoms with E-state index in [0.29, 0.717) is 38.7 Å². The van der Waals surface area contributed by atoms with E-state index in [1.807, 2.05) is 18.2 Å². The third-order valence-electron chi connectivity index (χ3n) is 5.84. The number of H-pyrrole nitrogens is 1. The Bertz CT molecular complexity index is 1250. The highest BCUT2D eigenvalue weighted by Crippen LogP contribution is 2.38. The molecule has 0 atom stereocenters. The minimum Gasteiger partial charge on any atom is -0.465 e. The van der Waals surface area contributed by atoms with Crippen LogP contribution in [0.3, 0.4) is 0 Å². The van der Waals surface area contributed by atoms with E-state index in [0.717, 1.165) is 43.4 Å². The summed E-state index contributed by atoms with van der Waals surface area (Å²) >= 11 is 2.94. The molecule has 10 heteroatoms. The molecule has 1 amide bonds. The lowest BCUT2D eigenvalue weighted by molar-refractivity contribution is -0.115. The molecule has 0 spiro atoms. The second-order valence-electron chi connectivity index (χ2n) is 8.13. The minimum atomic E-state index is -0.388. The Kier molecular flexibility index (Phi) is 7.10. The van der Waals surface area contributed by atoms with Gasteiger partial charge in [-0.3, -0.25) is 4.79 Å². The number of furan rings is 2. The number of fused-ring (bicyclic) bond motifs is 1. The van der Waals surface area contributed by atoms with Gasteiger partial charge >= 0.3 is 5.97 Å². The maximum Gasteiger partial charge on any atom is 0.341 e. The number of aryl methyl sites for hydroxylation is 1. The molecule has 4 aromatic rings. The van der Waals surface area contributed by atoms with Crippen LogP contribution in [0.25, 0.3) is 22.9 Å². The number of nitrogens with one attached hydrogen (secondary N) is 2. The highest BCUT2D eigenvalue weighted by Gasteiger charge is 2.26. The van der Waals surface area contributed by atoms with Crippen molar-refractivity contribution in [3.05, 3.63) is 52.8 Å². The largest absolute Gasteiger partial charge is 0.465 e. The lowest BCUT2D eigenvalue weighted by Gasteiger charge is -2.07. The van der Waals surface area contributed by atoms with Crippen molar-refractivity contribution in [3.63, 3.8) is 0 Å². The molecule has 8 nitrogen and oxygen atoms in total. The van der Waals surface area contributed by atoms with Crippen LogP contribution in [0.5, 0.6) is 0 Å². The number of nitrogens with zero attached hydrogens (tertiary/aromatic N) is 1. The fraction of sp³-hybridized carbons (Fsp3) is 0.320. The van der Waals surface area contributed by atoms with Crippen molar-refractivity contribution in [1.29, 1.82) is 0 Å². The highest BCUT2D eigenvalue weighted by molar-refractivity contribution is 7.99. The molecule has 1 aliphatic carbocycles. The van der Waals surface area contributed by atoms with Crippen LogP contribution in [0, 0.1) is 0 Å². The van der Waals surface area contributed by atoms with Crippen molar-refractivity contribution in [3.8, 4) is 22.9 Å². The molecule has 0 saturated heterocycles. The third-order valence-corrected chi connectivity index (χ3v) is 7.92. The average molecular weight is 512 g/mol. The predicted molar refractivity (Wildman–Crippen MR) is 135 cm³/mol. The summed E-state index contributed by atoms with van der Waals surface area (Å²) in [5, 5.41) is 4.21. The summed E-state index contributed by atoms with van der Waals surface area (Å²) in [4.78, 5) is 34.4. The molecule has 35 heavy (non-hydrogen) atoms. The summed E-state index contributed by atoms with van der Waals surface area (Å²) in [6.45, 7) is 0. The molecule has 0 aromatic carbocycles. The number of imidazole rings is 1. The van der Waals surface area contributed by atoms with E-state index < -0.39 is 0 Å². The van der Waals surface area contributed by atoms with Gasteiger partial charge in [0.2, 0.25) is 5.91 Å². The Morgan fingerprint density at radius 3 is 2.66 bits per heavy atom. The molecule has 1 aliphatic rings. The van der Waals surface area contributed by atoms with Gasteiger partial charge in [-0.2, -0.15) is 0 Å². The maximum atomic E-state index is 12.8. The second-order valence-corrected chi connectivity index (χ2v) is 10.3. The molecular formula is C25H25N3O5S2. The first-order valence-electron chi connectivity index (χ1n) is 11.5. The monoisotopic (exact) mass is 511 g/mol. The fourth-order valence-corrected chi connectivity index (χ4v) is 6.29. The lowest BCUT2D eigenvalue weighted by Crippen LogP contribution is -2.15. The molecule has 0 saturated carbocycles. The first-order valence-corrected chi connectivity index (χ1v) is 13.3. The molecule has 0 radical (unpaired) electrons. The molecule has 182 valence electrons. The molecule has 0 aliphatic heterocycles. The van der Waals surface area contributed by atoms with Gasteiger partial charge in [-0.25, -0.2) is 9.78 Å². The van der Waals surface area contributed by atoms with E-state index in [9.17, 15) is 9.59 Å². The number of ether oxygens (including phenoxy) is 1. The second kappa shape index (κ2) is 10.6. The Morgan fingerprint density at radius 1 is 1.14 bits per heavy atom. The van der Waals surface area contributed by atoms with Gasteiger partial charge < -0.3 is 23.9 Å². The van der Waals surface area contributed by atoms with Crippen LogP contribution in [-0.4, -0.2) is 34.7 Å². The number of carbonyl (C=O) groups is 2.